The van der Waals surface area contributed by atoms with E-state index < -0.39 is 0 Å². The third-order valence-corrected chi connectivity index (χ3v) is 4.27. The quantitative estimate of drug-likeness (QED) is 0.852. The normalized spacial score (nSPS) is 15.0. The minimum atomic E-state index is -0.323. The lowest BCUT2D eigenvalue weighted by Crippen LogP contribution is -2.40. The van der Waals surface area contributed by atoms with Crippen molar-refractivity contribution in [1.82, 2.24) is 10.6 Å². The summed E-state index contributed by atoms with van der Waals surface area (Å²) in [6, 6.07) is 15.2. The fourth-order valence-corrected chi connectivity index (χ4v) is 2.93. The number of carbonyl (C=O) groups is 2. The number of para-hydroxylation sites is 1. The Morgan fingerprint density at radius 2 is 1.83 bits per heavy atom. The van der Waals surface area contributed by atoms with Crippen molar-refractivity contribution in [1.29, 1.82) is 0 Å². The van der Waals surface area contributed by atoms with Crippen LogP contribution in [-0.4, -0.2) is 32.0 Å². The van der Waals surface area contributed by atoms with Crippen molar-refractivity contribution >= 4 is 11.8 Å². The molecule has 0 heterocycles. The van der Waals surface area contributed by atoms with Gasteiger partial charge in [-0.3, -0.25) is 9.59 Å². The van der Waals surface area contributed by atoms with E-state index in [1.165, 1.54) is 18.2 Å². The summed E-state index contributed by atoms with van der Waals surface area (Å²) < 4.78 is 5.15. The number of nitrogens with one attached hydrogen (secondary N) is 2. The lowest BCUT2D eigenvalue weighted by atomic mass is 9.77. The van der Waals surface area contributed by atoms with Crippen molar-refractivity contribution in [2.24, 2.45) is 0 Å². The summed E-state index contributed by atoms with van der Waals surface area (Å²) in [5, 5.41) is 5.50. The fourth-order valence-electron chi connectivity index (χ4n) is 2.93. The number of fused-ring (bicyclic) bond motifs is 1. The molecule has 1 unspecified atom stereocenters. The van der Waals surface area contributed by atoms with Gasteiger partial charge in [-0.1, -0.05) is 36.4 Å². The predicted molar refractivity (Wildman–Crippen MR) is 91.2 cm³/mol. The molecule has 1 atom stereocenters. The van der Waals surface area contributed by atoms with E-state index in [0.29, 0.717) is 23.8 Å². The van der Waals surface area contributed by atoms with Gasteiger partial charge in [0.1, 0.15) is 5.75 Å². The van der Waals surface area contributed by atoms with Gasteiger partial charge in [0.2, 0.25) is 5.91 Å². The monoisotopic (exact) mass is 324 g/mol. The summed E-state index contributed by atoms with van der Waals surface area (Å²) in [5.74, 6) is 0.343. The first-order valence-corrected chi connectivity index (χ1v) is 7.94. The molecular weight excluding hydrogens is 304 g/mol. The summed E-state index contributed by atoms with van der Waals surface area (Å²) >= 11 is 0. The Labute approximate surface area is 141 Å². The van der Waals surface area contributed by atoms with Crippen LogP contribution in [0.15, 0.2) is 48.5 Å². The van der Waals surface area contributed by atoms with E-state index in [0.717, 1.165) is 6.42 Å². The molecule has 2 N–H and O–H groups in total. The highest BCUT2D eigenvalue weighted by Gasteiger charge is 2.25. The van der Waals surface area contributed by atoms with Gasteiger partial charge in [-0.15, -0.1) is 0 Å². The first-order valence-electron chi connectivity index (χ1n) is 7.94. The molecule has 0 radical (unpaired) electrons. The number of ether oxygens (including phenoxy) is 1. The number of hydrogen-bond acceptors (Lipinski definition) is 3. The number of carbonyl (C=O) groups excluding carboxylic acids is 2. The zero-order valence-electron chi connectivity index (χ0n) is 13.5. The highest BCUT2D eigenvalue weighted by Crippen LogP contribution is 2.33. The molecule has 24 heavy (non-hydrogen) atoms. The lowest BCUT2D eigenvalue weighted by Gasteiger charge is -2.30. The standard InChI is InChI=1S/C19H20N2O3/c1-24-17-9-5-4-8-16(17)19(23)21-12-18(22)20-11-14-10-13-6-2-3-7-15(13)14/h2-9,14H,10-12H2,1H3,(H,20,22)(H,21,23). The summed E-state index contributed by atoms with van der Waals surface area (Å²) in [6.07, 6.45) is 0.990. The van der Waals surface area contributed by atoms with Gasteiger partial charge in [-0.05, 0) is 29.7 Å². The second-order valence-corrected chi connectivity index (χ2v) is 5.79. The van der Waals surface area contributed by atoms with Gasteiger partial charge < -0.3 is 15.4 Å². The highest BCUT2D eigenvalue weighted by atomic mass is 16.5. The van der Waals surface area contributed by atoms with E-state index in [1.807, 2.05) is 12.1 Å². The molecule has 5 heteroatoms. The molecule has 2 amide bonds. The average Bonchev–Trinajstić information content (AvgIpc) is 2.60. The summed E-state index contributed by atoms with van der Waals surface area (Å²) in [7, 11) is 1.51. The molecule has 1 aliphatic rings. The molecule has 0 spiro atoms. The van der Waals surface area contributed by atoms with Gasteiger partial charge in [0.25, 0.3) is 5.91 Å². The van der Waals surface area contributed by atoms with Crippen molar-refractivity contribution in [3.63, 3.8) is 0 Å². The van der Waals surface area contributed by atoms with Crippen LogP contribution in [0.3, 0.4) is 0 Å². The summed E-state index contributed by atoms with van der Waals surface area (Å²) in [5.41, 5.74) is 3.07. The second kappa shape index (κ2) is 7.17. The third-order valence-electron chi connectivity index (χ3n) is 4.27. The Morgan fingerprint density at radius 3 is 2.62 bits per heavy atom. The molecule has 1 aliphatic carbocycles. The lowest BCUT2D eigenvalue weighted by molar-refractivity contribution is -0.120. The van der Waals surface area contributed by atoms with E-state index in [4.69, 9.17) is 4.74 Å². The van der Waals surface area contributed by atoms with Crippen LogP contribution in [0.25, 0.3) is 0 Å². The number of benzene rings is 2. The summed E-state index contributed by atoms with van der Waals surface area (Å²) in [4.78, 5) is 24.1. The van der Waals surface area contributed by atoms with E-state index in [-0.39, 0.29) is 18.4 Å². The zero-order valence-corrected chi connectivity index (χ0v) is 13.5. The molecular formula is C19H20N2O3. The molecule has 0 aromatic heterocycles. The van der Waals surface area contributed by atoms with Crippen molar-refractivity contribution in [2.75, 3.05) is 20.2 Å². The molecule has 124 valence electrons. The van der Waals surface area contributed by atoms with Gasteiger partial charge in [0.05, 0.1) is 19.2 Å². The minimum Gasteiger partial charge on any atom is -0.496 e. The second-order valence-electron chi connectivity index (χ2n) is 5.79. The highest BCUT2D eigenvalue weighted by molar-refractivity contribution is 5.98. The molecule has 0 aliphatic heterocycles. The topological polar surface area (TPSA) is 67.4 Å². The Balaban J connectivity index is 1.45. The first-order chi connectivity index (χ1) is 11.7. The molecule has 5 nitrogen and oxygen atoms in total. The van der Waals surface area contributed by atoms with Crippen LogP contribution in [0.5, 0.6) is 5.75 Å². The maximum atomic E-state index is 12.1. The molecule has 3 rings (SSSR count). The number of methoxy groups -OCH3 is 1. The molecule has 2 aromatic rings. The van der Waals surface area contributed by atoms with Crippen LogP contribution in [0.4, 0.5) is 0 Å². The Morgan fingerprint density at radius 1 is 1.08 bits per heavy atom. The fraction of sp³-hybridized carbons (Fsp3) is 0.263. The Kier molecular flexibility index (Phi) is 4.79. The largest absolute Gasteiger partial charge is 0.496 e. The van der Waals surface area contributed by atoms with Gasteiger partial charge in [-0.2, -0.15) is 0 Å². The molecule has 0 bridgehead atoms. The van der Waals surface area contributed by atoms with Crippen molar-refractivity contribution in [3.05, 3.63) is 65.2 Å². The van der Waals surface area contributed by atoms with Crippen LogP contribution in [-0.2, 0) is 11.2 Å². The third kappa shape index (κ3) is 3.40. The smallest absolute Gasteiger partial charge is 0.255 e. The Hall–Kier alpha value is -2.82. The Bertz CT molecular complexity index is 758. The SMILES string of the molecule is COc1ccccc1C(=O)NCC(=O)NCC1Cc2ccccc21. The van der Waals surface area contributed by atoms with Crippen molar-refractivity contribution in [2.45, 2.75) is 12.3 Å². The molecule has 0 saturated carbocycles. The van der Waals surface area contributed by atoms with Crippen molar-refractivity contribution < 1.29 is 14.3 Å². The van der Waals surface area contributed by atoms with Gasteiger partial charge in [0.15, 0.2) is 0 Å². The summed E-state index contributed by atoms with van der Waals surface area (Å²) in [6.45, 7) is 0.547. The molecule has 2 aromatic carbocycles. The van der Waals surface area contributed by atoms with E-state index in [2.05, 4.69) is 22.8 Å². The maximum Gasteiger partial charge on any atom is 0.255 e. The number of amides is 2. The zero-order chi connectivity index (χ0) is 16.9. The van der Waals surface area contributed by atoms with Crippen LogP contribution in [0.1, 0.15) is 27.4 Å². The van der Waals surface area contributed by atoms with Gasteiger partial charge in [0, 0.05) is 12.5 Å². The van der Waals surface area contributed by atoms with Crippen LogP contribution in [0.2, 0.25) is 0 Å². The molecule has 0 saturated heterocycles. The first kappa shape index (κ1) is 16.1. The molecule has 0 fully saturated rings. The van der Waals surface area contributed by atoms with E-state index >= 15 is 0 Å². The van der Waals surface area contributed by atoms with E-state index in [9.17, 15) is 9.59 Å². The van der Waals surface area contributed by atoms with Crippen LogP contribution >= 0.6 is 0 Å². The van der Waals surface area contributed by atoms with E-state index in [1.54, 1.807) is 24.3 Å². The maximum absolute atomic E-state index is 12.1. The predicted octanol–water partition coefficient (Wildman–Crippen LogP) is 1.88. The van der Waals surface area contributed by atoms with Gasteiger partial charge >= 0.3 is 0 Å². The number of hydrogen-bond donors (Lipinski definition) is 2. The average molecular weight is 324 g/mol. The minimum absolute atomic E-state index is 0.0503. The van der Waals surface area contributed by atoms with Crippen molar-refractivity contribution in [3.8, 4) is 5.75 Å². The number of rotatable bonds is 6. The van der Waals surface area contributed by atoms with Crippen LogP contribution < -0.4 is 15.4 Å². The van der Waals surface area contributed by atoms with Gasteiger partial charge in [-0.25, -0.2) is 0 Å². The van der Waals surface area contributed by atoms with Crippen LogP contribution in [0, 0.1) is 0 Å².